The zero-order chi connectivity index (χ0) is 13.7. The molecule has 0 saturated carbocycles. The minimum Gasteiger partial charge on any atom is -0.479 e. The Morgan fingerprint density at radius 2 is 2.11 bits per heavy atom. The van der Waals surface area contributed by atoms with Crippen LogP contribution in [-0.2, 0) is 4.79 Å². The second-order valence-electron chi connectivity index (χ2n) is 3.52. The fraction of sp³-hybridized carbons (Fsp3) is 0.273. The molecule has 0 aliphatic rings. The van der Waals surface area contributed by atoms with E-state index in [2.05, 4.69) is 21.2 Å². The zero-order valence-corrected chi connectivity index (χ0v) is 10.8. The molecule has 0 aliphatic heterocycles. The molecule has 1 rings (SSSR count). The first-order valence-electron chi connectivity index (χ1n) is 5.06. The molecule has 1 aromatic rings. The van der Waals surface area contributed by atoms with Gasteiger partial charge in [0.15, 0.2) is 6.10 Å². The molecule has 1 amide bonds. The standard InChI is InChI=1S/C11H11BrFNO4/c12-6-1-2-8(13)7(5-6)10(16)14-4-3-9(15)11(17)18/h1-2,5,9,15H,3-4H2,(H,14,16)(H,17,18). The zero-order valence-electron chi connectivity index (χ0n) is 9.19. The number of carboxylic acids is 1. The van der Waals surface area contributed by atoms with Crippen molar-refractivity contribution < 1.29 is 24.2 Å². The van der Waals surface area contributed by atoms with E-state index in [4.69, 9.17) is 10.2 Å². The molecular weight excluding hydrogens is 309 g/mol. The van der Waals surface area contributed by atoms with Gasteiger partial charge in [-0.2, -0.15) is 0 Å². The first kappa shape index (κ1) is 14.6. The van der Waals surface area contributed by atoms with E-state index < -0.39 is 23.8 Å². The van der Waals surface area contributed by atoms with Gasteiger partial charge in [0.1, 0.15) is 5.82 Å². The van der Waals surface area contributed by atoms with Gasteiger partial charge in [-0.15, -0.1) is 0 Å². The maximum absolute atomic E-state index is 13.3. The Kier molecular flexibility index (Phi) is 5.24. The van der Waals surface area contributed by atoms with Gasteiger partial charge in [-0.05, 0) is 18.2 Å². The molecular formula is C11H11BrFNO4. The molecule has 98 valence electrons. The Labute approximate surface area is 111 Å². The van der Waals surface area contributed by atoms with E-state index >= 15 is 0 Å². The van der Waals surface area contributed by atoms with Crippen molar-refractivity contribution in [3.05, 3.63) is 34.1 Å². The Hall–Kier alpha value is -1.47. The second kappa shape index (κ2) is 6.46. The second-order valence-corrected chi connectivity index (χ2v) is 4.44. The van der Waals surface area contributed by atoms with Crippen molar-refractivity contribution in [2.45, 2.75) is 12.5 Å². The van der Waals surface area contributed by atoms with E-state index in [-0.39, 0.29) is 18.5 Å². The van der Waals surface area contributed by atoms with E-state index in [0.717, 1.165) is 6.07 Å². The van der Waals surface area contributed by atoms with Crippen molar-refractivity contribution in [1.82, 2.24) is 5.32 Å². The number of aliphatic carboxylic acids is 1. The summed E-state index contributed by atoms with van der Waals surface area (Å²) in [6, 6.07) is 3.92. The summed E-state index contributed by atoms with van der Waals surface area (Å²) in [5.74, 6) is -2.70. The molecule has 0 aliphatic carbocycles. The minimum atomic E-state index is -1.54. The highest BCUT2D eigenvalue weighted by Gasteiger charge is 2.15. The van der Waals surface area contributed by atoms with Crippen molar-refractivity contribution in [2.24, 2.45) is 0 Å². The molecule has 7 heteroatoms. The van der Waals surface area contributed by atoms with E-state index in [9.17, 15) is 14.0 Å². The predicted molar refractivity (Wildman–Crippen MR) is 64.7 cm³/mol. The number of aliphatic hydroxyl groups excluding tert-OH is 1. The minimum absolute atomic E-state index is 0.0573. The van der Waals surface area contributed by atoms with Crippen LogP contribution in [0.1, 0.15) is 16.8 Å². The third kappa shape index (κ3) is 4.08. The average Bonchev–Trinajstić information content (AvgIpc) is 2.31. The lowest BCUT2D eigenvalue weighted by Gasteiger charge is -2.08. The van der Waals surface area contributed by atoms with Crippen LogP contribution in [0.15, 0.2) is 22.7 Å². The molecule has 3 N–H and O–H groups in total. The maximum atomic E-state index is 13.3. The molecule has 1 unspecified atom stereocenters. The summed E-state index contributed by atoms with van der Waals surface area (Å²) < 4.78 is 13.9. The van der Waals surface area contributed by atoms with Gasteiger partial charge in [-0.3, -0.25) is 4.79 Å². The molecule has 0 radical (unpaired) electrons. The Morgan fingerprint density at radius 1 is 1.44 bits per heavy atom. The van der Waals surface area contributed by atoms with E-state index in [1.807, 2.05) is 0 Å². The van der Waals surface area contributed by atoms with Gasteiger partial charge in [0.25, 0.3) is 5.91 Å². The smallest absolute Gasteiger partial charge is 0.332 e. The number of nitrogens with one attached hydrogen (secondary N) is 1. The maximum Gasteiger partial charge on any atom is 0.332 e. The third-order valence-corrected chi connectivity index (χ3v) is 2.65. The van der Waals surface area contributed by atoms with Crippen molar-refractivity contribution in [1.29, 1.82) is 0 Å². The Balaban J connectivity index is 2.55. The van der Waals surface area contributed by atoms with Gasteiger partial charge in [0.05, 0.1) is 5.56 Å². The molecule has 0 aromatic heterocycles. The number of aliphatic hydroxyl groups is 1. The van der Waals surface area contributed by atoms with Crippen LogP contribution in [0.5, 0.6) is 0 Å². The number of hydrogen-bond acceptors (Lipinski definition) is 3. The third-order valence-electron chi connectivity index (χ3n) is 2.16. The largest absolute Gasteiger partial charge is 0.479 e. The number of carbonyl (C=O) groups is 2. The molecule has 1 aromatic carbocycles. The van der Waals surface area contributed by atoms with Crippen LogP contribution < -0.4 is 5.32 Å². The number of benzene rings is 1. The quantitative estimate of drug-likeness (QED) is 0.760. The summed E-state index contributed by atoms with van der Waals surface area (Å²) in [5.41, 5.74) is -0.144. The molecule has 1 atom stereocenters. The summed E-state index contributed by atoms with van der Waals surface area (Å²) in [6.45, 7) is -0.0573. The topological polar surface area (TPSA) is 86.6 Å². The van der Waals surface area contributed by atoms with Gasteiger partial charge in [-0.25, -0.2) is 9.18 Å². The van der Waals surface area contributed by atoms with Crippen LogP contribution in [0.3, 0.4) is 0 Å². The van der Waals surface area contributed by atoms with Gasteiger partial charge in [0.2, 0.25) is 0 Å². The predicted octanol–water partition coefficient (Wildman–Crippen LogP) is 1.15. The van der Waals surface area contributed by atoms with Crippen LogP contribution in [-0.4, -0.2) is 34.7 Å². The van der Waals surface area contributed by atoms with Crippen molar-refractivity contribution >= 4 is 27.8 Å². The molecule has 0 bridgehead atoms. The normalized spacial score (nSPS) is 11.9. The number of halogens is 2. The van der Waals surface area contributed by atoms with Gasteiger partial charge in [0, 0.05) is 17.4 Å². The first-order valence-corrected chi connectivity index (χ1v) is 5.85. The summed E-state index contributed by atoms with van der Waals surface area (Å²) in [7, 11) is 0. The lowest BCUT2D eigenvalue weighted by atomic mass is 10.2. The van der Waals surface area contributed by atoms with Crippen LogP contribution in [0.25, 0.3) is 0 Å². The number of carbonyl (C=O) groups excluding carboxylic acids is 1. The number of carboxylic acid groups (broad SMARTS) is 1. The molecule has 0 fully saturated rings. The van der Waals surface area contributed by atoms with Crippen LogP contribution in [0, 0.1) is 5.82 Å². The highest BCUT2D eigenvalue weighted by Crippen LogP contribution is 2.15. The molecule has 18 heavy (non-hydrogen) atoms. The number of hydrogen-bond donors (Lipinski definition) is 3. The summed E-state index contributed by atoms with van der Waals surface area (Å²) >= 11 is 3.11. The summed E-state index contributed by atoms with van der Waals surface area (Å²) in [4.78, 5) is 21.9. The fourth-order valence-corrected chi connectivity index (χ4v) is 1.57. The molecule has 0 spiro atoms. The highest BCUT2D eigenvalue weighted by molar-refractivity contribution is 9.10. The van der Waals surface area contributed by atoms with Gasteiger partial charge < -0.3 is 15.5 Å². The molecule has 5 nitrogen and oxygen atoms in total. The van der Waals surface area contributed by atoms with Crippen molar-refractivity contribution in [2.75, 3.05) is 6.54 Å². The van der Waals surface area contributed by atoms with Crippen LogP contribution >= 0.6 is 15.9 Å². The fourth-order valence-electron chi connectivity index (χ4n) is 1.21. The van der Waals surface area contributed by atoms with Crippen LogP contribution in [0.2, 0.25) is 0 Å². The van der Waals surface area contributed by atoms with E-state index in [1.54, 1.807) is 0 Å². The number of rotatable bonds is 5. The van der Waals surface area contributed by atoms with Crippen LogP contribution in [0.4, 0.5) is 4.39 Å². The van der Waals surface area contributed by atoms with Gasteiger partial charge >= 0.3 is 5.97 Å². The lowest BCUT2D eigenvalue weighted by molar-refractivity contribution is -0.146. The molecule has 0 saturated heterocycles. The SMILES string of the molecule is O=C(NCCC(O)C(=O)O)c1cc(Br)ccc1F. The number of amides is 1. The van der Waals surface area contributed by atoms with E-state index in [0.29, 0.717) is 4.47 Å². The summed E-state index contributed by atoms with van der Waals surface area (Å²) in [5, 5.41) is 19.7. The average molecular weight is 320 g/mol. The summed E-state index contributed by atoms with van der Waals surface area (Å²) in [6.07, 6.45) is -1.69. The Morgan fingerprint density at radius 3 is 2.72 bits per heavy atom. The molecule has 0 heterocycles. The Bertz CT molecular complexity index is 466. The van der Waals surface area contributed by atoms with Crippen molar-refractivity contribution in [3.63, 3.8) is 0 Å². The first-order chi connectivity index (χ1) is 8.41. The lowest BCUT2D eigenvalue weighted by Crippen LogP contribution is -2.30. The van der Waals surface area contributed by atoms with Crippen molar-refractivity contribution in [3.8, 4) is 0 Å². The van der Waals surface area contributed by atoms with Gasteiger partial charge in [-0.1, -0.05) is 15.9 Å². The highest BCUT2D eigenvalue weighted by atomic mass is 79.9. The van der Waals surface area contributed by atoms with E-state index in [1.165, 1.54) is 12.1 Å². The monoisotopic (exact) mass is 319 g/mol.